The van der Waals surface area contributed by atoms with Crippen molar-refractivity contribution in [2.75, 3.05) is 0 Å². The van der Waals surface area contributed by atoms with Crippen LogP contribution in [0.3, 0.4) is 0 Å². The third-order valence-corrected chi connectivity index (χ3v) is 5.23. The van der Waals surface area contributed by atoms with Gasteiger partial charge in [0.2, 0.25) is 0 Å². The van der Waals surface area contributed by atoms with Crippen LogP contribution in [-0.4, -0.2) is 14.7 Å². The lowest BCUT2D eigenvalue weighted by Crippen LogP contribution is -2.23. The largest absolute Gasteiger partial charge is 0.507 e. The van der Waals surface area contributed by atoms with E-state index in [0.717, 1.165) is 14.8 Å². The summed E-state index contributed by atoms with van der Waals surface area (Å²) in [6.07, 6.45) is 3.53. The number of aromatic nitrogens is 2. The molecule has 5 heteroatoms. The zero-order valence-corrected chi connectivity index (χ0v) is 17.3. The minimum Gasteiger partial charge on any atom is -0.507 e. The van der Waals surface area contributed by atoms with E-state index in [9.17, 15) is 9.90 Å². The smallest absolute Gasteiger partial charge is 0.266 e. The molecule has 0 radical (unpaired) electrons. The molecule has 4 nitrogen and oxygen atoms in total. The van der Waals surface area contributed by atoms with E-state index in [1.807, 2.05) is 61.5 Å². The molecule has 1 aromatic heterocycles. The van der Waals surface area contributed by atoms with Crippen molar-refractivity contribution in [2.45, 2.75) is 6.92 Å². The quantitative estimate of drug-likeness (QED) is 0.412. The average Bonchev–Trinajstić information content (AvgIpc) is 2.69. The average molecular weight is 480 g/mol. The minimum atomic E-state index is -0.116. The Labute approximate surface area is 175 Å². The molecule has 0 unspecified atom stereocenters. The van der Waals surface area contributed by atoms with Crippen LogP contribution in [0.25, 0.3) is 28.7 Å². The summed E-state index contributed by atoms with van der Waals surface area (Å²) in [5, 5.41) is 10.6. The van der Waals surface area contributed by atoms with Gasteiger partial charge in [-0.1, -0.05) is 36.4 Å². The van der Waals surface area contributed by atoms with Gasteiger partial charge in [0.05, 0.1) is 16.6 Å². The van der Waals surface area contributed by atoms with E-state index in [0.29, 0.717) is 22.3 Å². The molecule has 0 aliphatic carbocycles. The van der Waals surface area contributed by atoms with Crippen molar-refractivity contribution in [3.63, 3.8) is 0 Å². The van der Waals surface area contributed by atoms with Crippen LogP contribution in [0.4, 0.5) is 0 Å². The minimum absolute atomic E-state index is 0.116. The summed E-state index contributed by atoms with van der Waals surface area (Å²) < 4.78 is 2.61. The summed E-state index contributed by atoms with van der Waals surface area (Å²) in [5.74, 6) is 0.690. The van der Waals surface area contributed by atoms with E-state index in [-0.39, 0.29) is 11.3 Å². The number of phenolic OH excluding ortho intramolecular Hbond substituents is 1. The van der Waals surface area contributed by atoms with E-state index < -0.39 is 0 Å². The molecule has 28 heavy (non-hydrogen) atoms. The SMILES string of the molecule is Cc1ccccc1-n1c(C=Cc2ccccc2O)nc2ccc(I)cc2c1=O. The predicted octanol–water partition coefficient (Wildman–Crippen LogP) is 5.17. The van der Waals surface area contributed by atoms with Crippen molar-refractivity contribution in [3.8, 4) is 11.4 Å². The topological polar surface area (TPSA) is 55.1 Å². The van der Waals surface area contributed by atoms with Crippen LogP contribution in [-0.2, 0) is 0 Å². The van der Waals surface area contributed by atoms with Crippen molar-refractivity contribution in [2.24, 2.45) is 0 Å². The summed E-state index contributed by atoms with van der Waals surface area (Å²) in [7, 11) is 0. The summed E-state index contributed by atoms with van der Waals surface area (Å²) in [6, 6.07) is 20.4. The Morgan fingerprint density at radius 2 is 1.75 bits per heavy atom. The first-order valence-corrected chi connectivity index (χ1v) is 9.87. The lowest BCUT2D eigenvalue weighted by Gasteiger charge is -2.14. The lowest BCUT2D eigenvalue weighted by atomic mass is 10.1. The molecule has 4 aromatic rings. The Morgan fingerprint density at radius 1 is 1.00 bits per heavy atom. The van der Waals surface area contributed by atoms with Gasteiger partial charge >= 0.3 is 0 Å². The summed E-state index contributed by atoms with van der Waals surface area (Å²) in [4.78, 5) is 18.1. The Bertz CT molecular complexity index is 1280. The maximum absolute atomic E-state index is 13.4. The van der Waals surface area contributed by atoms with Gasteiger partial charge in [-0.3, -0.25) is 9.36 Å². The van der Waals surface area contributed by atoms with Crippen LogP contribution in [0.2, 0.25) is 0 Å². The van der Waals surface area contributed by atoms with Crippen LogP contribution in [0.1, 0.15) is 17.0 Å². The normalized spacial score (nSPS) is 11.4. The van der Waals surface area contributed by atoms with Gasteiger partial charge in [-0.2, -0.15) is 0 Å². The molecule has 4 rings (SSSR count). The predicted molar refractivity (Wildman–Crippen MR) is 122 cm³/mol. The van der Waals surface area contributed by atoms with Gasteiger partial charge in [-0.25, -0.2) is 4.98 Å². The third-order valence-electron chi connectivity index (χ3n) is 4.56. The molecule has 0 bridgehead atoms. The molecule has 0 saturated heterocycles. The highest BCUT2D eigenvalue weighted by molar-refractivity contribution is 14.1. The number of para-hydroxylation sites is 2. The third kappa shape index (κ3) is 3.45. The Hall–Kier alpha value is -2.93. The molecule has 0 spiro atoms. The fraction of sp³-hybridized carbons (Fsp3) is 0.0435. The number of hydrogen-bond acceptors (Lipinski definition) is 3. The monoisotopic (exact) mass is 480 g/mol. The van der Waals surface area contributed by atoms with E-state index in [1.54, 1.807) is 28.9 Å². The number of hydrogen-bond donors (Lipinski definition) is 1. The van der Waals surface area contributed by atoms with Gasteiger partial charge in [0.25, 0.3) is 5.56 Å². The first kappa shape index (κ1) is 18.4. The number of halogens is 1. The highest BCUT2D eigenvalue weighted by Gasteiger charge is 2.13. The van der Waals surface area contributed by atoms with Crippen molar-refractivity contribution in [1.82, 2.24) is 9.55 Å². The van der Waals surface area contributed by atoms with E-state index >= 15 is 0 Å². The summed E-state index contributed by atoms with van der Waals surface area (Å²) in [5.41, 5.74) is 2.96. The van der Waals surface area contributed by atoms with Crippen LogP contribution in [0.5, 0.6) is 5.75 Å². The molecule has 0 aliphatic heterocycles. The molecule has 1 heterocycles. The fourth-order valence-corrected chi connectivity index (χ4v) is 3.62. The molecular weight excluding hydrogens is 463 g/mol. The van der Waals surface area contributed by atoms with Gasteiger partial charge in [0.1, 0.15) is 11.6 Å². The summed E-state index contributed by atoms with van der Waals surface area (Å²) in [6.45, 7) is 1.97. The van der Waals surface area contributed by atoms with Crippen LogP contribution < -0.4 is 5.56 Å². The number of benzene rings is 3. The molecule has 138 valence electrons. The zero-order chi connectivity index (χ0) is 19.7. The second-order valence-corrected chi connectivity index (χ2v) is 7.70. The van der Waals surface area contributed by atoms with E-state index in [4.69, 9.17) is 4.98 Å². The van der Waals surface area contributed by atoms with Crippen LogP contribution in [0.15, 0.2) is 71.5 Å². The van der Waals surface area contributed by atoms with E-state index in [2.05, 4.69) is 22.6 Å². The molecule has 3 aromatic carbocycles. The Morgan fingerprint density at radius 3 is 2.54 bits per heavy atom. The number of phenols is 1. The van der Waals surface area contributed by atoms with Gasteiger partial charge in [-0.05, 0) is 77.6 Å². The maximum Gasteiger partial charge on any atom is 0.266 e. The maximum atomic E-state index is 13.4. The standard InChI is InChI=1S/C23H17IN2O2/c1-15-6-2-4-8-20(15)26-22(13-10-16-7-3-5-9-21(16)27)25-19-12-11-17(24)14-18(19)23(26)28/h2-14,27H,1H3. The molecule has 0 saturated carbocycles. The highest BCUT2D eigenvalue weighted by atomic mass is 127. The fourth-order valence-electron chi connectivity index (χ4n) is 3.13. The number of aromatic hydroxyl groups is 1. The van der Waals surface area contributed by atoms with Crippen molar-refractivity contribution in [1.29, 1.82) is 0 Å². The number of rotatable bonds is 3. The molecule has 1 N–H and O–H groups in total. The molecular formula is C23H17IN2O2. The molecule has 0 atom stereocenters. The van der Waals surface area contributed by atoms with Gasteiger partial charge in [-0.15, -0.1) is 0 Å². The highest BCUT2D eigenvalue weighted by Crippen LogP contribution is 2.21. The van der Waals surface area contributed by atoms with Crippen molar-refractivity contribution in [3.05, 3.63) is 97.6 Å². The lowest BCUT2D eigenvalue weighted by molar-refractivity contribution is 0.474. The molecule has 0 aliphatic rings. The zero-order valence-electron chi connectivity index (χ0n) is 15.1. The number of aryl methyl sites for hydroxylation is 1. The molecule has 0 fully saturated rings. The van der Waals surface area contributed by atoms with Gasteiger partial charge in [0, 0.05) is 9.13 Å². The van der Waals surface area contributed by atoms with Gasteiger partial charge < -0.3 is 5.11 Å². The van der Waals surface area contributed by atoms with Crippen LogP contribution in [0, 0.1) is 10.5 Å². The first-order valence-electron chi connectivity index (χ1n) is 8.79. The molecule has 0 amide bonds. The van der Waals surface area contributed by atoms with Crippen molar-refractivity contribution >= 4 is 45.6 Å². The van der Waals surface area contributed by atoms with Crippen molar-refractivity contribution < 1.29 is 5.11 Å². The number of nitrogens with zero attached hydrogens (tertiary/aromatic N) is 2. The van der Waals surface area contributed by atoms with Crippen LogP contribution >= 0.6 is 22.6 Å². The number of fused-ring (bicyclic) bond motifs is 1. The summed E-state index contributed by atoms with van der Waals surface area (Å²) >= 11 is 2.20. The second-order valence-electron chi connectivity index (χ2n) is 6.45. The Balaban J connectivity index is 2.00. The first-order chi connectivity index (χ1) is 13.5. The van der Waals surface area contributed by atoms with E-state index in [1.165, 1.54) is 0 Å². The Kier molecular flexibility index (Phi) is 5.00. The second kappa shape index (κ2) is 7.59. The van der Waals surface area contributed by atoms with Gasteiger partial charge in [0.15, 0.2) is 0 Å².